The zero-order chi connectivity index (χ0) is 16.6. The van der Waals surface area contributed by atoms with Gasteiger partial charge in [-0.25, -0.2) is 18.5 Å². The molecule has 1 heterocycles. The lowest BCUT2D eigenvalue weighted by atomic mass is 10.1. The highest BCUT2D eigenvalue weighted by molar-refractivity contribution is 7.89. The Morgan fingerprint density at radius 1 is 1.19 bits per heavy atom. The van der Waals surface area contributed by atoms with Crippen molar-refractivity contribution in [1.29, 1.82) is 0 Å². The van der Waals surface area contributed by atoms with Crippen LogP contribution in [0.25, 0.3) is 0 Å². The first-order valence-electron chi connectivity index (χ1n) is 4.85. The molecule has 0 spiro atoms. The summed E-state index contributed by atoms with van der Waals surface area (Å²) in [6.07, 6.45) is -10.8. The molecule has 0 bridgehead atoms. The monoisotopic (exact) mass is 339 g/mol. The number of alkyl halides is 6. The van der Waals surface area contributed by atoms with Crippen molar-refractivity contribution >= 4 is 10.0 Å². The standard InChI is InChI=1S/C8H7F6N3O3S/c9-7(10,11)5-3(1-15)6(21(16,18)19)17-2-4(5)20-8(12,13)14/h2H,1,15H2,(H2,16,18,19). The summed E-state index contributed by atoms with van der Waals surface area (Å²) in [5, 5.41) is 3.37. The molecule has 1 aromatic rings. The number of hydrogen-bond acceptors (Lipinski definition) is 5. The van der Waals surface area contributed by atoms with Crippen LogP contribution in [0.15, 0.2) is 11.2 Å². The van der Waals surface area contributed by atoms with Crippen molar-refractivity contribution in [3.8, 4) is 5.75 Å². The molecule has 0 aromatic carbocycles. The van der Waals surface area contributed by atoms with Gasteiger partial charge in [-0.3, -0.25) is 0 Å². The number of hydrogen-bond donors (Lipinski definition) is 2. The quantitative estimate of drug-likeness (QED) is 0.802. The number of nitrogens with zero attached hydrogens (tertiary/aromatic N) is 1. The molecular weight excluding hydrogens is 332 g/mol. The van der Waals surface area contributed by atoms with Gasteiger partial charge in [-0.15, -0.1) is 13.2 Å². The van der Waals surface area contributed by atoms with Gasteiger partial charge in [0, 0.05) is 12.1 Å². The molecule has 4 N–H and O–H groups in total. The third-order valence-corrected chi connectivity index (χ3v) is 2.98. The van der Waals surface area contributed by atoms with Crippen LogP contribution < -0.4 is 15.6 Å². The molecule has 0 saturated carbocycles. The van der Waals surface area contributed by atoms with Gasteiger partial charge in [0.2, 0.25) is 0 Å². The van der Waals surface area contributed by atoms with Crippen LogP contribution >= 0.6 is 0 Å². The van der Waals surface area contributed by atoms with E-state index < -0.39 is 51.0 Å². The minimum absolute atomic E-state index is 0.0325. The van der Waals surface area contributed by atoms with Crippen LogP contribution in [0.3, 0.4) is 0 Å². The Balaban J connectivity index is 3.71. The molecule has 120 valence electrons. The zero-order valence-corrected chi connectivity index (χ0v) is 10.6. The van der Waals surface area contributed by atoms with Gasteiger partial charge >= 0.3 is 12.5 Å². The molecule has 0 saturated heterocycles. The predicted molar refractivity (Wildman–Crippen MR) is 55.2 cm³/mol. The third kappa shape index (κ3) is 4.18. The highest BCUT2D eigenvalue weighted by atomic mass is 32.2. The van der Waals surface area contributed by atoms with Crippen molar-refractivity contribution < 1.29 is 39.5 Å². The Bertz CT molecular complexity index is 640. The summed E-state index contributed by atoms with van der Waals surface area (Å²) in [5.74, 6) is -1.72. The number of nitrogens with two attached hydrogens (primary N) is 2. The van der Waals surface area contributed by atoms with Crippen LogP contribution in [-0.2, 0) is 22.7 Å². The molecule has 0 radical (unpaired) electrons. The van der Waals surface area contributed by atoms with Crippen LogP contribution in [0.5, 0.6) is 5.75 Å². The van der Waals surface area contributed by atoms with Gasteiger partial charge in [0.15, 0.2) is 10.8 Å². The number of primary sulfonamides is 1. The van der Waals surface area contributed by atoms with Crippen molar-refractivity contribution in [2.75, 3.05) is 0 Å². The zero-order valence-electron chi connectivity index (χ0n) is 9.79. The number of pyridine rings is 1. The average Bonchev–Trinajstić information content (AvgIpc) is 2.22. The Labute approximate surface area is 113 Å². The lowest BCUT2D eigenvalue weighted by Crippen LogP contribution is -2.25. The summed E-state index contributed by atoms with van der Waals surface area (Å²) in [5.41, 5.74) is 1.77. The molecule has 0 aliphatic heterocycles. The first kappa shape index (κ1) is 17.5. The highest BCUT2D eigenvalue weighted by Gasteiger charge is 2.43. The maximum absolute atomic E-state index is 12.9. The normalized spacial score (nSPS) is 13.3. The van der Waals surface area contributed by atoms with Crippen molar-refractivity contribution in [3.05, 3.63) is 17.3 Å². The Hall–Kier alpha value is -1.60. The Kier molecular flexibility index (Phi) is 4.41. The molecule has 0 amide bonds. The minimum atomic E-state index is -5.43. The Morgan fingerprint density at radius 2 is 1.71 bits per heavy atom. The summed E-state index contributed by atoms with van der Waals surface area (Å²) >= 11 is 0. The van der Waals surface area contributed by atoms with Gasteiger partial charge < -0.3 is 10.5 Å². The second-order valence-electron chi connectivity index (χ2n) is 3.58. The van der Waals surface area contributed by atoms with E-state index in [0.717, 1.165) is 0 Å². The molecule has 0 unspecified atom stereocenters. The minimum Gasteiger partial charge on any atom is -0.403 e. The van der Waals surface area contributed by atoms with Gasteiger partial charge in [-0.2, -0.15) is 13.2 Å². The van der Waals surface area contributed by atoms with E-state index in [1.807, 2.05) is 0 Å². The fourth-order valence-corrected chi connectivity index (χ4v) is 2.19. The summed E-state index contributed by atoms with van der Waals surface area (Å²) < 4.78 is 100. The van der Waals surface area contributed by atoms with Gasteiger partial charge in [0.05, 0.1) is 6.20 Å². The number of rotatable bonds is 3. The van der Waals surface area contributed by atoms with Crippen LogP contribution in [0.1, 0.15) is 11.1 Å². The smallest absolute Gasteiger partial charge is 0.403 e. The number of aromatic nitrogens is 1. The summed E-state index contributed by atoms with van der Waals surface area (Å²) in [7, 11) is -4.72. The Morgan fingerprint density at radius 3 is 2.05 bits per heavy atom. The fraction of sp³-hybridized carbons (Fsp3) is 0.375. The summed E-state index contributed by atoms with van der Waals surface area (Å²) in [6.45, 7) is -1.07. The van der Waals surface area contributed by atoms with Crippen molar-refractivity contribution in [2.45, 2.75) is 24.1 Å². The molecule has 0 aliphatic rings. The molecule has 0 fully saturated rings. The largest absolute Gasteiger partial charge is 0.573 e. The maximum Gasteiger partial charge on any atom is 0.573 e. The molecule has 1 rings (SSSR count). The van der Waals surface area contributed by atoms with Crippen LogP contribution in [-0.4, -0.2) is 19.8 Å². The second kappa shape index (κ2) is 5.31. The predicted octanol–water partition coefficient (Wildman–Crippen LogP) is 1.11. The molecule has 1 aromatic heterocycles. The number of ether oxygens (including phenoxy) is 1. The molecule has 21 heavy (non-hydrogen) atoms. The van der Waals surface area contributed by atoms with Gasteiger partial charge in [-0.05, 0) is 0 Å². The lowest BCUT2D eigenvalue weighted by Gasteiger charge is -2.19. The highest BCUT2D eigenvalue weighted by Crippen LogP contribution is 2.41. The SMILES string of the molecule is NCc1c(S(N)(=O)=O)ncc(OC(F)(F)F)c1C(F)(F)F. The number of sulfonamides is 1. The molecule has 0 aliphatic carbocycles. The van der Waals surface area contributed by atoms with Crippen LogP contribution in [0.4, 0.5) is 26.3 Å². The van der Waals surface area contributed by atoms with Gasteiger partial charge in [0.1, 0.15) is 5.56 Å². The van der Waals surface area contributed by atoms with Gasteiger partial charge in [0.25, 0.3) is 10.0 Å². The summed E-state index contributed by atoms with van der Waals surface area (Å²) in [6, 6.07) is 0. The van der Waals surface area contributed by atoms with Gasteiger partial charge in [-0.1, -0.05) is 0 Å². The molecule has 0 atom stereocenters. The molecular formula is C8H7F6N3O3S. The third-order valence-electron chi connectivity index (χ3n) is 2.09. The van der Waals surface area contributed by atoms with E-state index in [1.54, 1.807) is 0 Å². The molecule has 13 heteroatoms. The summed E-state index contributed by atoms with van der Waals surface area (Å²) in [4.78, 5) is 2.96. The first-order valence-corrected chi connectivity index (χ1v) is 6.39. The van der Waals surface area contributed by atoms with Crippen molar-refractivity contribution in [3.63, 3.8) is 0 Å². The topological polar surface area (TPSA) is 108 Å². The fourth-order valence-electron chi connectivity index (χ4n) is 1.46. The second-order valence-corrected chi connectivity index (χ2v) is 5.05. The van der Waals surface area contributed by atoms with E-state index in [2.05, 4.69) is 14.9 Å². The van der Waals surface area contributed by atoms with Crippen molar-refractivity contribution in [2.24, 2.45) is 10.9 Å². The van der Waals surface area contributed by atoms with Crippen molar-refractivity contribution in [1.82, 2.24) is 4.98 Å². The number of halogens is 6. The molecule has 6 nitrogen and oxygen atoms in total. The van der Waals surface area contributed by atoms with Crippen LogP contribution in [0.2, 0.25) is 0 Å². The van der Waals surface area contributed by atoms with Crippen LogP contribution in [0, 0.1) is 0 Å². The van der Waals surface area contributed by atoms with E-state index in [1.165, 1.54) is 0 Å². The van der Waals surface area contributed by atoms with E-state index in [0.29, 0.717) is 0 Å². The van der Waals surface area contributed by atoms with E-state index in [4.69, 9.17) is 5.73 Å². The lowest BCUT2D eigenvalue weighted by molar-refractivity contribution is -0.276. The maximum atomic E-state index is 12.9. The average molecular weight is 339 g/mol. The van der Waals surface area contributed by atoms with E-state index >= 15 is 0 Å². The van der Waals surface area contributed by atoms with E-state index in [-0.39, 0.29) is 6.20 Å². The van der Waals surface area contributed by atoms with E-state index in [9.17, 15) is 34.8 Å². The first-order chi connectivity index (χ1) is 9.27.